The van der Waals surface area contributed by atoms with Crippen LogP contribution in [0.2, 0.25) is 0 Å². The van der Waals surface area contributed by atoms with E-state index in [-0.39, 0.29) is 19.8 Å². The molecule has 1 fully saturated rings. The summed E-state index contributed by atoms with van der Waals surface area (Å²) in [5, 5.41) is 14.4. The number of aromatic nitrogens is 1. The first-order valence-electron chi connectivity index (χ1n) is 16.0. The third-order valence-electron chi connectivity index (χ3n) is 8.27. The van der Waals surface area contributed by atoms with Gasteiger partial charge in [0.15, 0.2) is 0 Å². The highest BCUT2D eigenvalue weighted by Gasteiger charge is 2.56. The zero-order chi connectivity index (χ0) is 33.0. The van der Waals surface area contributed by atoms with Gasteiger partial charge in [0, 0.05) is 11.6 Å². The van der Waals surface area contributed by atoms with E-state index in [2.05, 4.69) is 10.9 Å². The maximum absolute atomic E-state index is 12.3. The standard InChI is InChI=1S/C40H39NO6S/c1-2-40(42,39-41-23-24-48-39)38-37(46-28-33-21-13-6-14-22-33)36(45-27-32-19-11-5-12-20-32)35(44-26-31-17-9-4-10-18-31)34(47-38)29-43-25-30-15-7-3-8-16-30/h1,3-24,34-38,42H,25-29H2/t34-,35-,36+,37-,38-,40-/m1/s1. The number of hydrogen-bond acceptors (Lipinski definition) is 8. The first kappa shape index (κ1) is 33.7. The minimum Gasteiger partial charge on any atom is -0.374 e. The van der Waals surface area contributed by atoms with Gasteiger partial charge in [0.2, 0.25) is 5.60 Å². The molecule has 0 radical (unpaired) electrons. The van der Waals surface area contributed by atoms with Crippen LogP contribution in [-0.4, -0.2) is 47.2 Å². The van der Waals surface area contributed by atoms with Crippen LogP contribution in [0.5, 0.6) is 0 Å². The minimum absolute atomic E-state index is 0.153. The smallest absolute Gasteiger partial charge is 0.206 e. The highest BCUT2D eigenvalue weighted by Crippen LogP contribution is 2.40. The largest absolute Gasteiger partial charge is 0.374 e. The fraction of sp³-hybridized carbons (Fsp3) is 0.275. The molecule has 0 saturated carbocycles. The number of rotatable bonds is 15. The molecule has 0 spiro atoms. The van der Waals surface area contributed by atoms with E-state index in [1.54, 1.807) is 11.6 Å². The van der Waals surface area contributed by atoms with Gasteiger partial charge in [-0.1, -0.05) is 127 Å². The van der Waals surface area contributed by atoms with Crippen LogP contribution >= 0.6 is 11.3 Å². The molecule has 2 heterocycles. The molecule has 7 nitrogen and oxygen atoms in total. The van der Waals surface area contributed by atoms with E-state index in [9.17, 15) is 5.11 Å². The first-order valence-corrected chi connectivity index (χ1v) is 16.9. The van der Waals surface area contributed by atoms with Crippen LogP contribution in [0.15, 0.2) is 133 Å². The molecular weight excluding hydrogens is 623 g/mol. The lowest BCUT2D eigenvalue weighted by Crippen LogP contribution is -2.66. The van der Waals surface area contributed by atoms with E-state index in [1.165, 1.54) is 11.3 Å². The fourth-order valence-electron chi connectivity index (χ4n) is 5.80. The highest BCUT2D eigenvalue weighted by atomic mass is 32.1. The molecule has 1 aliphatic rings. The lowest BCUT2D eigenvalue weighted by atomic mass is 9.84. The van der Waals surface area contributed by atoms with Crippen molar-refractivity contribution in [2.24, 2.45) is 0 Å². The molecule has 0 unspecified atom stereocenters. The molecule has 0 aliphatic carbocycles. The molecule has 1 aliphatic heterocycles. The summed E-state index contributed by atoms with van der Waals surface area (Å²) in [5.41, 5.74) is 2.02. The third-order valence-corrected chi connectivity index (χ3v) is 9.17. The van der Waals surface area contributed by atoms with Gasteiger partial charge < -0.3 is 28.8 Å². The van der Waals surface area contributed by atoms with Crippen molar-refractivity contribution in [3.05, 3.63) is 160 Å². The van der Waals surface area contributed by atoms with Crippen molar-refractivity contribution in [1.29, 1.82) is 0 Å². The monoisotopic (exact) mass is 661 g/mol. The minimum atomic E-state index is -1.92. The van der Waals surface area contributed by atoms with E-state index in [0.717, 1.165) is 22.3 Å². The first-order chi connectivity index (χ1) is 23.6. The number of ether oxygens (including phenoxy) is 5. The summed E-state index contributed by atoms with van der Waals surface area (Å²) in [6, 6.07) is 39.6. The molecule has 246 valence electrons. The van der Waals surface area contributed by atoms with Crippen LogP contribution in [0.4, 0.5) is 0 Å². The van der Waals surface area contributed by atoms with E-state index >= 15 is 0 Å². The topological polar surface area (TPSA) is 79.3 Å². The van der Waals surface area contributed by atoms with Crippen molar-refractivity contribution in [2.45, 2.75) is 62.5 Å². The van der Waals surface area contributed by atoms with Crippen molar-refractivity contribution in [3.8, 4) is 12.3 Å². The van der Waals surface area contributed by atoms with E-state index in [0.29, 0.717) is 18.2 Å². The summed E-state index contributed by atoms with van der Waals surface area (Å²) in [5.74, 6) is 2.61. The van der Waals surface area contributed by atoms with Crippen molar-refractivity contribution < 1.29 is 28.8 Å². The van der Waals surface area contributed by atoms with Crippen LogP contribution in [0, 0.1) is 12.3 Å². The van der Waals surface area contributed by atoms with Crippen molar-refractivity contribution in [3.63, 3.8) is 0 Å². The molecule has 6 atom stereocenters. The van der Waals surface area contributed by atoms with Crippen molar-refractivity contribution >= 4 is 11.3 Å². The normalized spacial score (nSPS) is 22.0. The van der Waals surface area contributed by atoms with Gasteiger partial charge in [-0.25, -0.2) is 4.98 Å². The Morgan fingerprint density at radius 1 is 0.667 bits per heavy atom. The molecule has 1 saturated heterocycles. The number of aliphatic hydroxyl groups is 1. The average molecular weight is 662 g/mol. The second kappa shape index (κ2) is 16.8. The van der Waals surface area contributed by atoms with E-state index in [4.69, 9.17) is 30.1 Å². The molecule has 8 heteroatoms. The summed E-state index contributed by atoms with van der Waals surface area (Å²) in [6.07, 6.45) is 3.76. The maximum atomic E-state index is 12.3. The lowest BCUT2D eigenvalue weighted by molar-refractivity contribution is -0.296. The van der Waals surface area contributed by atoms with E-state index in [1.807, 2.05) is 121 Å². The van der Waals surface area contributed by atoms with Crippen molar-refractivity contribution in [1.82, 2.24) is 4.98 Å². The zero-order valence-corrected chi connectivity index (χ0v) is 27.4. The number of thiazole rings is 1. The Morgan fingerprint density at radius 2 is 1.12 bits per heavy atom. The number of terminal acetylenes is 1. The fourth-order valence-corrected chi connectivity index (χ4v) is 6.53. The number of hydrogen-bond donors (Lipinski definition) is 1. The molecule has 1 aromatic heterocycles. The van der Waals surface area contributed by atoms with E-state index < -0.39 is 36.1 Å². The van der Waals surface area contributed by atoms with Crippen LogP contribution in [0.25, 0.3) is 0 Å². The van der Waals surface area contributed by atoms with Crippen LogP contribution in [0.1, 0.15) is 27.3 Å². The van der Waals surface area contributed by atoms with Gasteiger partial charge in [-0.3, -0.25) is 0 Å². The van der Waals surface area contributed by atoms with Gasteiger partial charge in [0.25, 0.3) is 0 Å². The summed E-state index contributed by atoms with van der Waals surface area (Å²) < 4.78 is 33.2. The van der Waals surface area contributed by atoms with Crippen molar-refractivity contribution in [2.75, 3.05) is 6.61 Å². The maximum Gasteiger partial charge on any atom is 0.206 e. The lowest BCUT2D eigenvalue weighted by Gasteiger charge is -2.49. The third kappa shape index (κ3) is 8.45. The Bertz CT molecular complexity index is 1680. The summed E-state index contributed by atoms with van der Waals surface area (Å²) in [7, 11) is 0. The number of nitrogens with zero attached hydrogens (tertiary/aromatic N) is 1. The molecule has 6 rings (SSSR count). The quantitative estimate of drug-likeness (QED) is 0.125. The van der Waals surface area contributed by atoms with Crippen LogP contribution < -0.4 is 0 Å². The molecule has 0 amide bonds. The SMILES string of the molecule is C#C[C@](O)(c1nccs1)[C@@H]1O[C@H](COCc2ccccc2)[C@@H](OCc2ccccc2)[C@H](OCc2ccccc2)[C@H]1OCc1ccccc1. The van der Waals surface area contributed by atoms with Crippen LogP contribution in [0.3, 0.4) is 0 Å². The Balaban J connectivity index is 1.38. The average Bonchev–Trinajstić information content (AvgIpc) is 3.70. The zero-order valence-electron chi connectivity index (χ0n) is 26.5. The molecule has 5 aromatic rings. The predicted octanol–water partition coefficient (Wildman–Crippen LogP) is 6.70. The van der Waals surface area contributed by atoms with Gasteiger partial charge in [-0.05, 0) is 22.3 Å². The Hall–Kier alpha value is -4.17. The molecule has 4 aromatic carbocycles. The van der Waals surface area contributed by atoms with Gasteiger partial charge >= 0.3 is 0 Å². The van der Waals surface area contributed by atoms with Gasteiger partial charge in [-0.2, -0.15) is 0 Å². The Labute approximate surface area is 286 Å². The molecule has 1 N–H and O–H groups in total. The number of benzene rings is 4. The molecular formula is C40H39NO6S. The van der Waals surface area contributed by atoms with Gasteiger partial charge in [0.05, 0.1) is 33.0 Å². The predicted molar refractivity (Wildman–Crippen MR) is 185 cm³/mol. The Morgan fingerprint density at radius 3 is 1.58 bits per heavy atom. The second-order valence-corrected chi connectivity index (χ2v) is 12.5. The van der Waals surface area contributed by atoms with Crippen LogP contribution in [-0.2, 0) is 55.7 Å². The van der Waals surface area contributed by atoms with Gasteiger partial charge in [-0.15, -0.1) is 17.8 Å². The highest BCUT2D eigenvalue weighted by molar-refractivity contribution is 7.09. The summed E-state index contributed by atoms with van der Waals surface area (Å²) in [6.45, 7) is 1.33. The Kier molecular flexibility index (Phi) is 11.8. The molecule has 48 heavy (non-hydrogen) atoms. The molecule has 0 bridgehead atoms. The van der Waals surface area contributed by atoms with Gasteiger partial charge in [0.1, 0.15) is 35.5 Å². The summed E-state index contributed by atoms with van der Waals surface area (Å²) in [4.78, 5) is 4.41. The second-order valence-electron chi connectivity index (χ2n) is 11.6. The summed E-state index contributed by atoms with van der Waals surface area (Å²) >= 11 is 1.26.